The summed E-state index contributed by atoms with van der Waals surface area (Å²) >= 11 is 1.71. The summed E-state index contributed by atoms with van der Waals surface area (Å²) in [5.41, 5.74) is 4.81. The maximum absolute atomic E-state index is 4.86. The first-order valence-electron chi connectivity index (χ1n) is 7.85. The second-order valence-electron chi connectivity index (χ2n) is 5.92. The maximum atomic E-state index is 4.86. The number of hydrogen-bond acceptors (Lipinski definition) is 3. The molecule has 3 rings (SSSR count). The normalized spacial score (nSPS) is 12.0. The van der Waals surface area contributed by atoms with Crippen LogP contribution in [0.4, 0.5) is 5.69 Å². The largest absolute Gasteiger partial charge is 0.337 e. The highest BCUT2D eigenvalue weighted by Gasteiger charge is 2.02. The molecule has 5 heteroatoms. The van der Waals surface area contributed by atoms with Crippen molar-refractivity contribution in [1.29, 1.82) is 0 Å². The third-order valence-electron chi connectivity index (χ3n) is 3.78. The number of hydrogen-bond donors (Lipinski definition) is 0. The topological polar surface area (TPSA) is 35.1 Å². The maximum Gasteiger partial charge on any atom is 0.190 e. The van der Waals surface area contributed by atoms with Crippen LogP contribution in [-0.2, 0) is 13.1 Å². The van der Waals surface area contributed by atoms with Crippen LogP contribution in [-0.4, -0.2) is 14.1 Å². The quantitative estimate of drug-likeness (QED) is 0.698. The van der Waals surface area contributed by atoms with Gasteiger partial charge in [-0.1, -0.05) is 6.07 Å². The Hall–Kier alpha value is -2.14. The van der Waals surface area contributed by atoms with E-state index >= 15 is 0 Å². The van der Waals surface area contributed by atoms with E-state index in [2.05, 4.69) is 58.5 Å². The number of thiazole rings is 1. The minimum absolute atomic E-state index is 0.969. The van der Waals surface area contributed by atoms with Crippen LogP contribution >= 0.6 is 11.3 Å². The Bertz CT molecular complexity index is 820. The van der Waals surface area contributed by atoms with Crippen molar-refractivity contribution in [1.82, 2.24) is 14.1 Å². The summed E-state index contributed by atoms with van der Waals surface area (Å²) in [7, 11) is 0. The molecular weight excluding hydrogens is 304 g/mol. The van der Waals surface area contributed by atoms with Crippen LogP contribution < -0.4 is 4.80 Å². The fourth-order valence-corrected chi connectivity index (χ4v) is 3.65. The molecule has 3 aromatic rings. The van der Waals surface area contributed by atoms with Crippen LogP contribution in [0.2, 0.25) is 0 Å². The Kier molecular flexibility index (Phi) is 4.76. The first-order chi connectivity index (χ1) is 11.1. The van der Waals surface area contributed by atoms with Gasteiger partial charge in [0.05, 0.1) is 12.0 Å². The van der Waals surface area contributed by atoms with Crippen molar-refractivity contribution in [2.45, 2.75) is 40.3 Å². The number of nitrogens with zero attached hydrogens (tertiary/aromatic N) is 4. The minimum Gasteiger partial charge on any atom is -0.337 e. The molecular formula is C18H22N4S. The second kappa shape index (κ2) is 6.96. The van der Waals surface area contributed by atoms with Gasteiger partial charge in [-0.3, -0.25) is 0 Å². The zero-order chi connectivity index (χ0) is 16.2. The average Bonchev–Trinajstić information content (AvgIpc) is 3.11. The van der Waals surface area contributed by atoms with Gasteiger partial charge in [0.15, 0.2) is 4.80 Å². The molecule has 4 nitrogen and oxygen atoms in total. The summed E-state index contributed by atoms with van der Waals surface area (Å²) in [4.78, 5) is 10.0. The summed E-state index contributed by atoms with van der Waals surface area (Å²) in [6, 6.07) is 6.45. The molecule has 0 saturated carbocycles. The van der Waals surface area contributed by atoms with Gasteiger partial charge in [-0.05, 0) is 50.5 Å². The molecule has 0 aliphatic heterocycles. The van der Waals surface area contributed by atoms with Gasteiger partial charge < -0.3 is 9.13 Å². The molecule has 0 radical (unpaired) electrons. The first kappa shape index (κ1) is 15.7. The molecule has 0 saturated heterocycles. The standard InChI is InChI=1S/C18H22N4S/c1-14-9-15(2)11-17(10-14)20-18-22(16(3)12-23-18)7-4-6-21-8-5-19-13-21/h5,8-13H,4,6-7H2,1-3H3. The number of imidazole rings is 1. The molecule has 0 fully saturated rings. The fraction of sp³-hybridized carbons (Fsp3) is 0.333. The lowest BCUT2D eigenvalue weighted by atomic mass is 10.1. The summed E-state index contributed by atoms with van der Waals surface area (Å²) in [6.07, 6.45) is 6.76. The van der Waals surface area contributed by atoms with Gasteiger partial charge in [0, 0.05) is 36.6 Å². The summed E-state index contributed by atoms with van der Waals surface area (Å²) < 4.78 is 4.42. The van der Waals surface area contributed by atoms with Crippen LogP contribution in [0.1, 0.15) is 23.2 Å². The average molecular weight is 326 g/mol. The molecule has 1 aromatic carbocycles. The van der Waals surface area contributed by atoms with E-state index in [0.717, 1.165) is 30.0 Å². The zero-order valence-corrected chi connectivity index (χ0v) is 14.7. The van der Waals surface area contributed by atoms with Crippen molar-refractivity contribution in [2.24, 2.45) is 4.99 Å². The minimum atomic E-state index is 0.969. The molecule has 0 N–H and O–H groups in total. The second-order valence-corrected chi connectivity index (χ2v) is 6.76. The Labute approximate surface area is 140 Å². The third kappa shape index (κ3) is 3.99. The van der Waals surface area contributed by atoms with Crippen LogP contribution in [0, 0.1) is 20.8 Å². The van der Waals surface area contributed by atoms with Crippen LogP contribution in [0.25, 0.3) is 0 Å². The highest BCUT2D eigenvalue weighted by Crippen LogP contribution is 2.16. The van der Waals surface area contributed by atoms with Crippen molar-refractivity contribution >= 4 is 17.0 Å². The lowest BCUT2D eigenvalue weighted by Crippen LogP contribution is -2.17. The fourth-order valence-electron chi connectivity index (χ4n) is 2.73. The summed E-state index contributed by atoms with van der Waals surface area (Å²) in [5.74, 6) is 0. The number of benzene rings is 1. The monoisotopic (exact) mass is 326 g/mol. The molecule has 0 aliphatic rings. The van der Waals surface area contributed by atoms with E-state index in [4.69, 9.17) is 4.99 Å². The Morgan fingerprint density at radius 1 is 1.09 bits per heavy atom. The zero-order valence-electron chi connectivity index (χ0n) is 13.9. The van der Waals surface area contributed by atoms with Crippen molar-refractivity contribution < 1.29 is 0 Å². The highest BCUT2D eigenvalue weighted by molar-refractivity contribution is 7.07. The molecule has 2 heterocycles. The molecule has 0 atom stereocenters. The van der Waals surface area contributed by atoms with E-state index in [-0.39, 0.29) is 0 Å². The molecule has 0 bridgehead atoms. The summed E-state index contributed by atoms with van der Waals surface area (Å²) in [6.45, 7) is 8.33. The van der Waals surface area contributed by atoms with Gasteiger partial charge in [0.25, 0.3) is 0 Å². The van der Waals surface area contributed by atoms with Gasteiger partial charge >= 0.3 is 0 Å². The lowest BCUT2D eigenvalue weighted by Gasteiger charge is -2.07. The molecule has 2 aromatic heterocycles. The van der Waals surface area contributed by atoms with E-state index in [1.165, 1.54) is 16.8 Å². The van der Waals surface area contributed by atoms with Crippen LogP contribution in [0.15, 0.2) is 47.3 Å². The molecule has 23 heavy (non-hydrogen) atoms. The highest BCUT2D eigenvalue weighted by atomic mass is 32.1. The number of aryl methyl sites for hydroxylation is 4. The first-order valence-corrected chi connectivity index (χ1v) is 8.73. The molecule has 0 unspecified atom stereocenters. The Balaban J connectivity index is 1.81. The smallest absolute Gasteiger partial charge is 0.190 e. The van der Waals surface area contributed by atoms with Crippen molar-refractivity contribution in [2.75, 3.05) is 0 Å². The predicted molar refractivity (Wildman–Crippen MR) is 95.0 cm³/mol. The third-order valence-corrected chi connectivity index (χ3v) is 4.76. The molecule has 0 spiro atoms. The van der Waals surface area contributed by atoms with E-state index in [1.54, 1.807) is 11.3 Å². The Morgan fingerprint density at radius 3 is 2.57 bits per heavy atom. The predicted octanol–water partition coefficient (Wildman–Crippen LogP) is 3.99. The van der Waals surface area contributed by atoms with Crippen molar-refractivity contribution in [3.63, 3.8) is 0 Å². The lowest BCUT2D eigenvalue weighted by molar-refractivity contribution is 0.548. The Morgan fingerprint density at radius 2 is 1.87 bits per heavy atom. The van der Waals surface area contributed by atoms with Gasteiger partial charge in [-0.2, -0.15) is 0 Å². The van der Waals surface area contributed by atoms with Gasteiger partial charge in [-0.25, -0.2) is 9.98 Å². The molecule has 0 aliphatic carbocycles. The van der Waals surface area contributed by atoms with Crippen LogP contribution in [0.5, 0.6) is 0 Å². The van der Waals surface area contributed by atoms with Gasteiger partial charge in [0.1, 0.15) is 0 Å². The van der Waals surface area contributed by atoms with Crippen molar-refractivity contribution in [3.05, 3.63) is 63.9 Å². The molecule has 120 valence electrons. The van der Waals surface area contributed by atoms with E-state index < -0.39 is 0 Å². The van der Waals surface area contributed by atoms with Crippen molar-refractivity contribution in [3.8, 4) is 0 Å². The van der Waals surface area contributed by atoms with E-state index in [9.17, 15) is 0 Å². The van der Waals surface area contributed by atoms with Gasteiger partial charge in [0.2, 0.25) is 0 Å². The number of aromatic nitrogens is 3. The number of rotatable bonds is 5. The van der Waals surface area contributed by atoms with Gasteiger partial charge in [-0.15, -0.1) is 11.3 Å². The van der Waals surface area contributed by atoms with E-state index in [0.29, 0.717) is 0 Å². The van der Waals surface area contributed by atoms with Crippen LogP contribution in [0.3, 0.4) is 0 Å². The summed E-state index contributed by atoms with van der Waals surface area (Å²) in [5, 5.41) is 2.18. The molecule has 0 amide bonds. The SMILES string of the molecule is Cc1cc(C)cc(N=c2scc(C)n2CCCn2ccnc2)c1. The van der Waals surface area contributed by atoms with E-state index in [1.807, 2.05) is 18.7 Å².